The molecule has 2 heterocycles. The van der Waals surface area contributed by atoms with Crippen LogP contribution in [0.2, 0.25) is 0 Å². The number of anilines is 1. The van der Waals surface area contributed by atoms with Crippen molar-refractivity contribution < 1.29 is 4.39 Å². The Morgan fingerprint density at radius 1 is 1.30 bits per heavy atom. The van der Waals surface area contributed by atoms with Gasteiger partial charge in [-0.1, -0.05) is 9.89 Å². The number of nitrogen functional groups attached to an aromatic ring is 1. The molecule has 1 aromatic carbocycles. The molecule has 0 atom stereocenters. The number of hydrogen-bond donors (Lipinski definition) is 2. The van der Waals surface area contributed by atoms with Crippen molar-refractivity contribution in [1.29, 1.82) is 0 Å². The van der Waals surface area contributed by atoms with Crippen LogP contribution < -0.4 is 5.73 Å². The van der Waals surface area contributed by atoms with E-state index in [1.165, 1.54) is 18.3 Å². The Labute approximate surface area is 112 Å². The fraction of sp³-hybridized carbons (Fsp3) is 0. The van der Waals surface area contributed by atoms with E-state index in [1.807, 2.05) is 0 Å². The molecule has 0 radical (unpaired) electrons. The minimum Gasteiger partial charge on any atom is -0.365 e. The average molecular weight is 272 g/mol. The zero-order valence-electron chi connectivity index (χ0n) is 10.1. The Balaban J connectivity index is 1.93. The predicted octanol–water partition coefficient (Wildman–Crippen LogP) is 0.667. The maximum atomic E-state index is 12.9. The molecule has 0 aliphatic rings. The van der Waals surface area contributed by atoms with Gasteiger partial charge in [-0.05, 0) is 34.7 Å². The number of H-pyrrole nitrogens is 1. The van der Waals surface area contributed by atoms with Gasteiger partial charge in [-0.25, -0.2) is 4.39 Å². The Bertz CT molecular complexity index is 742. The van der Waals surface area contributed by atoms with E-state index in [0.29, 0.717) is 11.3 Å². The van der Waals surface area contributed by atoms with Crippen LogP contribution in [0.5, 0.6) is 0 Å². The van der Waals surface area contributed by atoms with Gasteiger partial charge in [0.25, 0.3) is 5.95 Å². The van der Waals surface area contributed by atoms with Crippen molar-refractivity contribution in [3.05, 3.63) is 41.8 Å². The Kier molecular flexibility index (Phi) is 2.92. The topological polar surface area (TPSA) is 111 Å². The van der Waals surface area contributed by atoms with E-state index in [1.54, 1.807) is 18.3 Å². The minimum absolute atomic E-state index is 0.0769. The van der Waals surface area contributed by atoms with Gasteiger partial charge in [0.2, 0.25) is 0 Å². The highest BCUT2D eigenvalue weighted by Crippen LogP contribution is 2.20. The second kappa shape index (κ2) is 4.88. The summed E-state index contributed by atoms with van der Waals surface area (Å²) in [5, 5.41) is 21.2. The van der Waals surface area contributed by atoms with Crippen LogP contribution >= 0.6 is 0 Å². The molecule has 3 rings (SSSR count). The highest BCUT2D eigenvalue weighted by atomic mass is 19.1. The van der Waals surface area contributed by atoms with Crippen molar-refractivity contribution in [2.24, 2.45) is 5.10 Å². The number of nitrogens with one attached hydrogen (secondary N) is 1. The summed E-state index contributed by atoms with van der Waals surface area (Å²) >= 11 is 0. The molecule has 0 bridgehead atoms. The molecule has 3 N–H and O–H groups in total. The molecule has 0 saturated heterocycles. The summed E-state index contributed by atoms with van der Waals surface area (Å²) in [4.78, 5) is 1.08. The summed E-state index contributed by atoms with van der Waals surface area (Å²) in [6.07, 6.45) is 3.09. The summed E-state index contributed by atoms with van der Waals surface area (Å²) in [6, 6.07) is 6.03. The van der Waals surface area contributed by atoms with Crippen LogP contribution in [0.25, 0.3) is 11.3 Å². The third-order valence-corrected chi connectivity index (χ3v) is 2.58. The molecule has 9 heteroatoms. The lowest BCUT2D eigenvalue weighted by Crippen LogP contribution is -1.99. The van der Waals surface area contributed by atoms with E-state index >= 15 is 0 Å². The number of halogens is 1. The Morgan fingerprint density at radius 3 is 2.80 bits per heavy atom. The number of nitrogens with two attached hydrogens (primary N) is 1. The first-order valence-corrected chi connectivity index (χ1v) is 5.61. The van der Waals surface area contributed by atoms with Crippen molar-refractivity contribution in [3.63, 3.8) is 0 Å². The molecule has 8 nitrogen and oxygen atoms in total. The molecule has 0 saturated carbocycles. The smallest absolute Gasteiger partial charge is 0.263 e. The molecule has 2 aromatic heterocycles. The fourth-order valence-electron chi connectivity index (χ4n) is 1.63. The number of rotatable bonds is 3. The molecule has 0 unspecified atom stereocenters. The molecule has 0 aliphatic carbocycles. The fourth-order valence-corrected chi connectivity index (χ4v) is 1.63. The van der Waals surface area contributed by atoms with Gasteiger partial charge in [-0.2, -0.15) is 10.2 Å². The second-order valence-corrected chi connectivity index (χ2v) is 3.88. The third kappa shape index (κ3) is 2.23. The van der Waals surface area contributed by atoms with E-state index in [4.69, 9.17) is 5.73 Å². The largest absolute Gasteiger partial charge is 0.365 e. The molecule has 100 valence electrons. The number of hydrogen-bond acceptors (Lipinski definition) is 6. The first-order chi connectivity index (χ1) is 9.74. The monoisotopic (exact) mass is 272 g/mol. The summed E-state index contributed by atoms with van der Waals surface area (Å²) in [7, 11) is 0. The van der Waals surface area contributed by atoms with Gasteiger partial charge in [0.15, 0.2) is 0 Å². The molecule has 0 amide bonds. The van der Waals surface area contributed by atoms with Crippen molar-refractivity contribution in [3.8, 4) is 11.3 Å². The van der Waals surface area contributed by atoms with E-state index in [-0.39, 0.29) is 11.8 Å². The molecule has 3 aromatic rings. The van der Waals surface area contributed by atoms with Crippen molar-refractivity contribution in [1.82, 2.24) is 30.5 Å². The van der Waals surface area contributed by atoms with Crippen LogP contribution in [0.4, 0.5) is 10.3 Å². The van der Waals surface area contributed by atoms with E-state index in [2.05, 4.69) is 30.8 Å². The summed E-state index contributed by atoms with van der Waals surface area (Å²) in [6.45, 7) is 0. The highest BCUT2D eigenvalue weighted by molar-refractivity contribution is 5.88. The van der Waals surface area contributed by atoms with Crippen LogP contribution in [0.15, 0.2) is 35.6 Å². The van der Waals surface area contributed by atoms with Gasteiger partial charge in [0, 0.05) is 11.1 Å². The maximum absolute atomic E-state index is 12.9. The summed E-state index contributed by atoms with van der Waals surface area (Å²) in [5.41, 5.74) is 7.69. The van der Waals surface area contributed by atoms with Gasteiger partial charge >= 0.3 is 0 Å². The van der Waals surface area contributed by atoms with E-state index < -0.39 is 0 Å². The number of aromatic nitrogens is 6. The number of nitrogens with zero attached hydrogens (tertiary/aromatic N) is 6. The summed E-state index contributed by atoms with van der Waals surface area (Å²) in [5.74, 6) is -0.224. The predicted molar refractivity (Wildman–Crippen MR) is 69.2 cm³/mol. The van der Waals surface area contributed by atoms with E-state index in [0.717, 1.165) is 10.4 Å². The lowest BCUT2D eigenvalue weighted by molar-refractivity contribution is 0.628. The van der Waals surface area contributed by atoms with Gasteiger partial charge in [0.05, 0.1) is 18.1 Å². The lowest BCUT2D eigenvalue weighted by Gasteiger charge is -1.99. The van der Waals surface area contributed by atoms with Crippen LogP contribution in [0, 0.1) is 5.82 Å². The Hall–Kier alpha value is -3.10. The van der Waals surface area contributed by atoms with E-state index in [9.17, 15) is 4.39 Å². The lowest BCUT2D eigenvalue weighted by atomic mass is 10.1. The molecular formula is C11H9FN8. The zero-order chi connectivity index (χ0) is 13.9. The molecule has 0 aliphatic heterocycles. The summed E-state index contributed by atoms with van der Waals surface area (Å²) < 4.78 is 12.9. The van der Waals surface area contributed by atoms with Crippen LogP contribution in [-0.4, -0.2) is 36.7 Å². The van der Waals surface area contributed by atoms with Crippen LogP contribution in [-0.2, 0) is 0 Å². The van der Waals surface area contributed by atoms with Gasteiger partial charge in [-0.3, -0.25) is 5.10 Å². The van der Waals surface area contributed by atoms with Crippen molar-refractivity contribution in [2.75, 3.05) is 5.73 Å². The number of aromatic amines is 1. The zero-order valence-corrected chi connectivity index (χ0v) is 10.1. The SMILES string of the molecule is Nc1nnnn1N=Cc1cn[nH]c1-c1ccc(F)cc1. The van der Waals surface area contributed by atoms with Gasteiger partial charge < -0.3 is 5.73 Å². The third-order valence-electron chi connectivity index (χ3n) is 2.58. The molecule has 0 spiro atoms. The second-order valence-electron chi connectivity index (χ2n) is 3.88. The maximum Gasteiger partial charge on any atom is 0.263 e. The first kappa shape index (κ1) is 12.0. The van der Waals surface area contributed by atoms with Gasteiger partial charge in [-0.15, -0.1) is 0 Å². The standard InChI is InChI=1S/C11H9FN8/c12-9-3-1-7(2-4-9)10-8(5-14-16-10)6-15-20-11(13)17-18-19-20/h1-6H,(H,14,16)(H2,13,17,19). The average Bonchev–Trinajstić information content (AvgIpc) is 3.06. The van der Waals surface area contributed by atoms with Crippen LogP contribution in [0.3, 0.4) is 0 Å². The van der Waals surface area contributed by atoms with Crippen molar-refractivity contribution in [2.45, 2.75) is 0 Å². The molecular weight excluding hydrogens is 263 g/mol. The minimum atomic E-state index is -0.301. The molecule has 0 fully saturated rings. The molecule has 20 heavy (non-hydrogen) atoms. The quantitative estimate of drug-likeness (QED) is 0.681. The number of tetrazole rings is 1. The van der Waals surface area contributed by atoms with Crippen molar-refractivity contribution >= 4 is 12.2 Å². The van der Waals surface area contributed by atoms with Gasteiger partial charge in [0.1, 0.15) is 5.82 Å². The highest BCUT2D eigenvalue weighted by Gasteiger charge is 2.06. The normalized spacial score (nSPS) is 11.2. The van der Waals surface area contributed by atoms with Crippen LogP contribution in [0.1, 0.15) is 5.56 Å². The number of benzene rings is 1. The Morgan fingerprint density at radius 2 is 2.10 bits per heavy atom. The first-order valence-electron chi connectivity index (χ1n) is 5.61.